The van der Waals surface area contributed by atoms with E-state index in [1.165, 1.54) is 23.9 Å². The Morgan fingerprint density at radius 3 is 2.73 bits per heavy atom. The molecule has 0 aliphatic rings. The predicted molar refractivity (Wildman–Crippen MR) is 110 cm³/mol. The molecule has 0 unspecified atom stereocenters. The number of pyridine rings is 1. The number of benzene rings is 1. The third-order valence-electron chi connectivity index (χ3n) is 4.27. The van der Waals surface area contributed by atoms with E-state index in [4.69, 9.17) is 4.42 Å². The molecule has 0 bridgehead atoms. The maximum absolute atomic E-state index is 13.0. The fraction of sp³-hybridized carbons (Fsp3) is 0.143. The molecule has 0 aliphatic heterocycles. The zero-order valence-corrected chi connectivity index (χ0v) is 16.7. The SMILES string of the molecule is O=C(CSc1nnc(-c2cccnc2)n1Cc1ccco1)NCc1ccc(F)cc1. The molecular weight excluding hydrogens is 405 g/mol. The number of hydrogen-bond acceptors (Lipinski definition) is 6. The number of rotatable bonds is 8. The molecule has 1 amide bonds. The van der Waals surface area contributed by atoms with Crippen molar-refractivity contribution in [1.82, 2.24) is 25.1 Å². The lowest BCUT2D eigenvalue weighted by atomic mass is 10.2. The minimum Gasteiger partial charge on any atom is -0.467 e. The number of furan rings is 1. The van der Waals surface area contributed by atoms with Crippen molar-refractivity contribution in [2.45, 2.75) is 18.2 Å². The Morgan fingerprint density at radius 2 is 2.00 bits per heavy atom. The van der Waals surface area contributed by atoms with Crippen molar-refractivity contribution < 1.29 is 13.6 Å². The highest BCUT2D eigenvalue weighted by atomic mass is 32.2. The maximum atomic E-state index is 13.0. The van der Waals surface area contributed by atoms with E-state index in [-0.39, 0.29) is 17.5 Å². The summed E-state index contributed by atoms with van der Waals surface area (Å²) in [5, 5.41) is 12.0. The van der Waals surface area contributed by atoms with E-state index in [0.29, 0.717) is 24.1 Å². The van der Waals surface area contributed by atoms with Crippen LogP contribution in [0.3, 0.4) is 0 Å². The first-order valence-corrected chi connectivity index (χ1v) is 10.2. The van der Waals surface area contributed by atoms with Crippen LogP contribution in [0.4, 0.5) is 4.39 Å². The van der Waals surface area contributed by atoms with Crippen LogP contribution in [0.1, 0.15) is 11.3 Å². The maximum Gasteiger partial charge on any atom is 0.230 e. The molecular formula is C21H18FN5O2S. The molecule has 3 heterocycles. The largest absolute Gasteiger partial charge is 0.467 e. The summed E-state index contributed by atoms with van der Waals surface area (Å²) in [5.41, 5.74) is 1.65. The van der Waals surface area contributed by atoms with Gasteiger partial charge in [0.1, 0.15) is 11.6 Å². The molecule has 0 spiro atoms. The Hall–Kier alpha value is -3.46. The lowest BCUT2D eigenvalue weighted by molar-refractivity contribution is -0.118. The molecule has 0 aliphatic carbocycles. The molecule has 9 heteroatoms. The third kappa shape index (κ3) is 4.93. The molecule has 3 aromatic heterocycles. The van der Waals surface area contributed by atoms with E-state index in [1.807, 2.05) is 28.8 Å². The summed E-state index contributed by atoms with van der Waals surface area (Å²) in [4.78, 5) is 16.4. The van der Waals surface area contributed by atoms with Crippen LogP contribution in [0.2, 0.25) is 0 Å². The Bertz CT molecular complexity index is 1100. The van der Waals surface area contributed by atoms with Gasteiger partial charge < -0.3 is 9.73 Å². The monoisotopic (exact) mass is 423 g/mol. The van der Waals surface area contributed by atoms with Crippen LogP contribution in [0.15, 0.2) is 76.8 Å². The van der Waals surface area contributed by atoms with Gasteiger partial charge in [-0.1, -0.05) is 23.9 Å². The van der Waals surface area contributed by atoms with Crippen LogP contribution in [0, 0.1) is 5.82 Å². The summed E-state index contributed by atoms with van der Waals surface area (Å²) in [7, 11) is 0. The van der Waals surface area contributed by atoms with Gasteiger partial charge in [-0.2, -0.15) is 0 Å². The molecule has 4 rings (SSSR count). The second kappa shape index (κ2) is 9.36. The van der Waals surface area contributed by atoms with Gasteiger partial charge >= 0.3 is 0 Å². The molecule has 0 saturated carbocycles. The van der Waals surface area contributed by atoms with Crippen LogP contribution < -0.4 is 5.32 Å². The standard InChI is InChI=1S/C21H18FN5O2S/c22-17-7-5-15(6-8-17)11-24-19(28)14-30-21-26-25-20(16-3-1-9-23-12-16)27(21)13-18-4-2-10-29-18/h1-10,12H,11,13-14H2,(H,24,28). The Morgan fingerprint density at radius 1 is 1.13 bits per heavy atom. The van der Waals surface area contributed by atoms with Crippen LogP contribution in [-0.4, -0.2) is 31.4 Å². The number of carbonyl (C=O) groups excluding carboxylic acids is 1. The van der Waals surface area contributed by atoms with Gasteiger partial charge in [0.05, 0.1) is 18.6 Å². The number of thioether (sulfide) groups is 1. The van der Waals surface area contributed by atoms with Gasteiger partial charge in [-0.25, -0.2) is 4.39 Å². The number of nitrogens with zero attached hydrogens (tertiary/aromatic N) is 4. The summed E-state index contributed by atoms with van der Waals surface area (Å²) >= 11 is 1.29. The predicted octanol–water partition coefficient (Wildman–Crippen LogP) is 3.53. The molecule has 1 N–H and O–H groups in total. The van der Waals surface area contributed by atoms with Gasteiger partial charge in [0.15, 0.2) is 11.0 Å². The van der Waals surface area contributed by atoms with Crippen LogP contribution >= 0.6 is 11.8 Å². The number of aromatic nitrogens is 4. The van der Waals surface area contributed by atoms with Gasteiger partial charge in [0, 0.05) is 24.5 Å². The molecule has 0 radical (unpaired) electrons. The first-order valence-electron chi connectivity index (χ1n) is 9.19. The van der Waals surface area contributed by atoms with Crippen molar-refractivity contribution in [2.75, 3.05) is 5.75 Å². The lowest BCUT2D eigenvalue weighted by Gasteiger charge is -2.09. The van der Waals surface area contributed by atoms with E-state index in [9.17, 15) is 9.18 Å². The van der Waals surface area contributed by atoms with Crippen molar-refractivity contribution in [3.8, 4) is 11.4 Å². The second-order valence-corrected chi connectivity index (χ2v) is 7.35. The zero-order chi connectivity index (χ0) is 20.8. The van der Waals surface area contributed by atoms with Gasteiger partial charge in [0.2, 0.25) is 5.91 Å². The van der Waals surface area contributed by atoms with Gasteiger partial charge in [-0.15, -0.1) is 10.2 Å². The Balaban J connectivity index is 1.44. The van der Waals surface area contributed by atoms with E-state index in [1.54, 1.807) is 30.8 Å². The average molecular weight is 423 g/mol. The number of carbonyl (C=O) groups is 1. The number of hydrogen-bond donors (Lipinski definition) is 1. The van der Waals surface area contributed by atoms with Crippen molar-refractivity contribution in [3.63, 3.8) is 0 Å². The van der Waals surface area contributed by atoms with Crippen molar-refractivity contribution in [2.24, 2.45) is 0 Å². The number of amides is 1. The summed E-state index contributed by atoms with van der Waals surface area (Å²) in [5.74, 6) is 1.11. The third-order valence-corrected chi connectivity index (χ3v) is 5.23. The summed E-state index contributed by atoms with van der Waals surface area (Å²) in [6.07, 6.45) is 5.02. The molecule has 30 heavy (non-hydrogen) atoms. The smallest absolute Gasteiger partial charge is 0.230 e. The molecule has 1 aromatic carbocycles. The quantitative estimate of drug-likeness (QED) is 0.437. The molecule has 7 nitrogen and oxygen atoms in total. The van der Waals surface area contributed by atoms with Crippen molar-refractivity contribution in [1.29, 1.82) is 0 Å². The Kier molecular flexibility index (Phi) is 6.19. The Labute approximate surface area is 176 Å². The normalized spacial score (nSPS) is 10.8. The van der Waals surface area contributed by atoms with Gasteiger partial charge in [0.25, 0.3) is 0 Å². The van der Waals surface area contributed by atoms with Crippen molar-refractivity contribution >= 4 is 17.7 Å². The fourth-order valence-electron chi connectivity index (χ4n) is 2.79. The van der Waals surface area contributed by atoms with Gasteiger partial charge in [-0.3, -0.25) is 14.3 Å². The van der Waals surface area contributed by atoms with Crippen molar-refractivity contribution in [3.05, 3.63) is 84.3 Å². The van der Waals surface area contributed by atoms with Crippen LogP contribution in [0.25, 0.3) is 11.4 Å². The minimum atomic E-state index is -0.305. The van der Waals surface area contributed by atoms with E-state index >= 15 is 0 Å². The highest BCUT2D eigenvalue weighted by Gasteiger charge is 2.17. The first-order chi connectivity index (χ1) is 14.7. The zero-order valence-electron chi connectivity index (χ0n) is 15.9. The minimum absolute atomic E-state index is 0.153. The summed E-state index contributed by atoms with van der Waals surface area (Å²) < 4.78 is 20.3. The van der Waals surface area contributed by atoms with E-state index in [0.717, 1.165) is 16.9 Å². The fourth-order valence-corrected chi connectivity index (χ4v) is 3.56. The number of halogens is 1. The van der Waals surface area contributed by atoms with E-state index in [2.05, 4.69) is 20.5 Å². The number of nitrogens with one attached hydrogen (secondary N) is 1. The molecule has 0 fully saturated rings. The highest BCUT2D eigenvalue weighted by Crippen LogP contribution is 2.24. The molecule has 0 atom stereocenters. The molecule has 152 valence electrons. The van der Waals surface area contributed by atoms with Gasteiger partial charge in [-0.05, 0) is 42.0 Å². The average Bonchev–Trinajstić information content (AvgIpc) is 3.43. The molecule has 4 aromatic rings. The topological polar surface area (TPSA) is 85.8 Å². The lowest BCUT2D eigenvalue weighted by Crippen LogP contribution is -2.24. The first kappa shape index (κ1) is 19.8. The molecule has 0 saturated heterocycles. The van der Waals surface area contributed by atoms with Crippen LogP contribution in [0.5, 0.6) is 0 Å². The van der Waals surface area contributed by atoms with E-state index < -0.39 is 0 Å². The summed E-state index contributed by atoms with van der Waals surface area (Å²) in [6.45, 7) is 0.767. The van der Waals surface area contributed by atoms with Crippen LogP contribution in [-0.2, 0) is 17.9 Å². The summed E-state index contributed by atoms with van der Waals surface area (Å²) in [6, 6.07) is 13.4. The second-order valence-electron chi connectivity index (χ2n) is 6.41. The highest BCUT2D eigenvalue weighted by molar-refractivity contribution is 7.99.